The van der Waals surface area contributed by atoms with E-state index in [0.717, 1.165) is 27.9 Å². The van der Waals surface area contributed by atoms with Gasteiger partial charge in [0.2, 0.25) is 0 Å². The summed E-state index contributed by atoms with van der Waals surface area (Å²) < 4.78 is 1.95. The Morgan fingerprint density at radius 1 is 1.12 bits per heavy atom. The zero-order valence-electron chi connectivity index (χ0n) is 14.2. The summed E-state index contributed by atoms with van der Waals surface area (Å²) in [5.41, 5.74) is 4.92. The molecule has 4 nitrogen and oxygen atoms in total. The smallest absolute Gasteiger partial charge is 0.252 e. The largest absolute Gasteiger partial charge is 0.346 e. The van der Waals surface area contributed by atoms with Crippen LogP contribution in [0, 0.1) is 13.8 Å². The predicted molar refractivity (Wildman–Crippen MR) is 95.4 cm³/mol. The number of aryl methyl sites for hydroxylation is 2. The summed E-state index contributed by atoms with van der Waals surface area (Å²) in [6.07, 6.45) is 5.42. The molecule has 1 N–H and O–H groups in total. The van der Waals surface area contributed by atoms with Crippen LogP contribution in [0.4, 0.5) is 0 Å². The van der Waals surface area contributed by atoms with Gasteiger partial charge in [-0.15, -0.1) is 0 Å². The first kappa shape index (κ1) is 16.0. The Morgan fingerprint density at radius 2 is 1.88 bits per heavy atom. The monoisotopic (exact) mass is 319 g/mol. The Labute approximate surface area is 142 Å². The van der Waals surface area contributed by atoms with Crippen molar-refractivity contribution in [1.82, 2.24) is 14.9 Å². The van der Waals surface area contributed by atoms with Crippen molar-refractivity contribution in [3.63, 3.8) is 0 Å². The Kier molecular flexibility index (Phi) is 4.47. The molecule has 4 heteroatoms. The first-order valence-electron chi connectivity index (χ1n) is 8.01. The van der Waals surface area contributed by atoms with Crippen molar-refractivity contribution in [2.24, 2.45) is 0 Å². The number of aromatic nitrogens is 2. The Morgan fingerprint density at radius 3 is 2.54 bits per heavy atom. The first-order valence-corrected chi connectivity index (χ1v) is 8.01. The minimum atomic E-state index is -0.0609. The Balaban J connectivity index is 1.73. The topological polar surface area (TPSA) is 46.9 Å². The van der Waals surface area contributed by atoms with E-state index >= 15 is 0 Å². The van der Waals surface area contributed by atoms with Gasteiger partial charge in [-0.1, -0.05) is 29.8 Å². The number of carbonyl (C=O) groups excluding carboxylic acids is 1. The Bertz CT molecular complexity index is 836. The molecule has 3 rings (SSSR count). The lowest BCUT2D eigenvalue weighted by Gasteiger charge is -2.16. The molecule has 0 bridgehead atoms. The van der Waals surface area contributed by atoms with Crippen molar-refractivity contribution >= 4 is 5.91 Å². The van der Waals surface area contributed by atoms with E-state index in [2.05, 4.69) is 10.3 Å². The molecule has 122 valence electrons. The van der Waals surface area contributed by atoms with Crippen LogP contribution in [0.3, 0.4) is 0 Å². The third-order valence-corrected chi connectivity index (χ3v) is 4.18. The number of hydrogen-bond acceptors (Lipinski definition) is 2. The SMILES string of the molecule is Cc1ccc(C)c(C(=O)NC(C)c2ccc(-n3ccnc3)cc2)c1. The van der Waals surface area contributed by atoms with Crippen LogP contribution in [0.25, 0.3) is 5.69 Å². The van der Waals surface area contributed by atoms with Gasteiger partial charge in [0, 0.05) is 23.6 Å². The maximum Gasteiger partial charge on any atom is 0.252 e. The van der Waals surface area contributed by atoms with Crippen molar-refractivity contribution in [2.75, 3.05) is 0 Å². The maximum atomic E-state index is 12.5. The van der Waals surface area contributed by atoms with Gasteiger partial charge in [0.25, 0.3) is 5.91 Å². The van der Waals surface area contributed by atoms with E-state index in [1.165, 1.54) is 0 Å². The summed E-state index contributed by atoms with van der Waals surface area (Å²) in [5.74, 6) is -0.0395. The zero-order chi connectivity index (χ0) is 17.1. The van der Waals surface area contributed by atoms with Crippen LogP contribution in [0.1, 0.15) is 40.0 Å². The van der Waals surface area contributed by atoms with E-state index < -0.39 is 0 Å². The zero-order valence-corrected chi connectivity index (χ0v) is 14.2. The van der Waals surface area contributed by atoms with E-state index in [9.17, 15) is 4.79 Å². The standard InChI is InChI=1S/C20H21N3O/c1-14-4-5-15(2)19(12-14)20(24)22-16(3)17-6-8-18(9-7-17)23-11-10-21-13-23/h4-13,16H,1-3H3,(H,22,24). The highest BCUT2D eigenvalue weighted by Crippen LogP contribution is 2.17. The summed E-state index contributed by atoms with van der Waals surface area (Å²) in [6, 6.07) is 14.0. The van der Waals surface area contributed by atoms with Crippen molar-refractivity contribution < 1.29 is 4.79 Å². The number of amides is 1. The third kappa shape index (κ3) is 3.38. The van der Waals surface area contributed by atoms with E-state index in [4.69, 9.17) is 0 Å². The summed E-state index contributed by atoms with van der Waals surface area (Å²) in [4.78, 5) is 16.6. The average molecular weight is 319 g/mol. The molecule has 0 fully saturated rings. The molecule has 3 aromatic rings. The average Bonchev–Trinajstić information content (AvgIpc) is 3.11. The van der Waals surface area contributed by atoms with Crippen LogP contribution < -0.4 is 5.32 Å². The summed E-state index contributed by atoms with van der Waals surface area (Å²) in [7, 11) is 0. The normalized spacial score (nSPS) is 12.0. The minimum Gasteiger partial charge on any atom is -0.346 e. The lowest BCUT2D eigenvalue weighted by atomic mass is 10.0. The lowest BCUT2D eigenvalue weighted by molar-refractivity contribution is 0.0939. The van der Waals surface area contributed by atoms with Crippen molar-refractivity contribution in [2.45, 2.75) is 26.8 Å². The number of nitrogens with zero attached hydrogens (tertiary/aromatic N) is 2. The maximum absolute atomic E-state index is 12.5. The second-order valence-electron chi connectivity index (χ2n) is 6.08. The second kappa shape index (κ2) is 6.71. The quantitative estimate of drug-likeness (QED) is 0.790. The van der Waals surface area contributed by atoms with Crippen LogP contribution in [-0.4, -0.2) is 15.5 Å². The van der Waals surface area contributed by atoms with Crippen molar-refractivity contribution in [1.29, 1.82) is 0 Å². The lowest BCUT2D eigenvalue weighted by Crippen LogP contribution is -2.27. The number of carbonyl (C=O) groups is 1. The van der Waals surface area contributed by atoms with Crippen LogP contribution in [-0.2, 0) is 0 Å². The van der Waals surface area contributed by atoms with Gasteiger partial charge in [-0.25, -0.2) is 4.98 Å². The molecule has 24 heavy (non-hydrogen) atoms. The molecule has 0 aliphatic rings. The molecule has 0 aliphatic heterocycles. The fourth-order valence-corrected chi connectivity index (χ4v) is 2.69. The van der Waals surface area contributed by atoms with Gasteiger partial charge in [0.15, 0.2) is 0 Å². The highest BCUT2D eigenvalue weighted by atomic mass is 16.1. The summed E-state index contributed by atoms with van der Waals surface area (Å²) >= 11 is 0. The van der Waals surface area contributed by atoms with Gasteiger partial charge in [-0.3, -0.25) is 4.79 Å². The molecule has 1 unspecified atom stereocenters. The highest BCUT2D eigenvalue weighted by molar-refractivity contribution is 5.96. The molecule has 0 aliphatic carbocycles. The van der Waals surface area contributed by atoms with Gasteiger partial charge in [0.05, 0.1) is 12.4 Å². The molecule has 0 spiro atoms. The summed E-state index contributed by atoms with van der Waals surface area (Å²) in [5, 5.41) is 3.08. The molecular formula is C20H21N3O. The second-order valence-corrected chi connectivity index (χ2v) is 6.08. The predicted octanol–water partition coefficient (Wildman–Crippen LogP) is 3.98. The number of rotatable bonds is 4. The number of nitrogens with one attached hydrogen (secondary N) is 1. The van der Waals surface area contributed by atoms with Crippen LogP contribution in [0.5, 0.6) is 0 Å². The van der Waals surface area contributed by atoms with Crippen molar-refractivity contribution in [3.05, 3.63) is 83.4 Å². The molecule has 1 amide bonds. The fraction of sp³-hybridized carbons (Fsp3) is 0.200. The van der Waals surface area contributed by atoms with E-state index in [0.29, 0.717) is 0 Å². The van der Waals surface area contributed by atoms with Crippen molar-refractivity contribution in [3.8, 4) is 5.69 Å². The molecule has 0 saturated carbocycles. The minimum absolute atomic E-state index is 0.0395. The molecule has 2 aromatic carbocycles. The highest BCUT2D eigenvalue weighted by Gasteiger charge is 2.13. The van der Waals surface area contributed by atoms with Gasteiger partial charge in [-0.2, -0.15) is 0 Å². The Hall–Kier alpha value is -2.88. The number of imidazole rings is 1. The van der Waals surface area contributed by atoms with E-state index in [-0.39, 0.29) is 11.9 Å². The molecule has 1 aromatic heterocycles. The van der Waals surface area contributed by atoms with E-state index in [1.807, 2.05) is 74.0 Å². The van der Waals surface area contributed by atoms with Gasteiger partial charge < -0.3 is 9.88 Å². The van der Waals surface area contributed by atoms with Crippen LogP contribution in [0.15, 0.2) is 61.2 Å². The number of hydrogen-bond donors (Lipinski definition) is 1. The molecule has 1 atom stereocenters. The van der Waals surface area contributed by atoms with Crippen LogP contribution in [0.2, 0.25) is 0 Å². The third-order valence-electron chi connectivity index (χ3n) is 4.18. The molecule has 1 heterocycles. The van der Waals surface area contributed by atoms with Gasteiger partial charge >= 0.3 is 0 Å². The molecular weight excluding hydrogens is 298 g/mol. The molecule has 0 radical (unpaired) electrons. The number of benzene rings is 2. The molecule has 0 saturated heterocycles. The van der Waals surface area contributed by atoms with Crippen LogP contribution >= 0.6 is 0 Å². The van der Waals surface area contributed by atoms with Gasteiger partial charge in [0.1, 0.15) is 0 Å². The first-order chi connectivity index (χ1) is 11.5. The van der Waals surface area contributed by atoms with E-state index in [1.54, 1.807) is 12.5 Å². The fourth-order valence-electron chi connectivity index (χ4n) is 2.69. The summed E-state index contributed by atoms with van der Waals surface area (Å²) in [6.45, 7) is 5.95. The van der Waals surface area contributed by atoms with Gasteiger partial charge in [-0.05, 0) is 50.1 Å².